The summed E-state index contributed by atoms with van der Waals surface area (Å²) in [7, 11) is -6.07. The molecule has 1 aromatic carbocycles. The molecule has 0 aliphatic carbocycles. The van der Waals surface area contributed by atoms with Crippen molar-refractivity contribution in [2.24, 2.45) is 0 Å². The number of ether oxygens (including phenoxy) is 1. The van der Waals surface area contributed by atoms with Crippen LogP contribution in [0.4, 0.5) is 22.0 Å². The number of benzene rings is 1. The number of alkyl halides is 5. The second-order valence-electron chi connectivity index (χ2n) is 3.78. The number of hydrogen-bond donors (Lipinski definition) is 1. The predicted octanol–water partition coefficient (Wildman–Crippen LogP) is 2.56. The van der Waals surface area contributed by atoms with Crippen LogP contribution in [0.2, 0.25) is 0 Å². The Morgan fingerprint density at radius 2 is 1.59 bits per heavy atom. The minimum absolute atomic E-state index is 0.475. The van der Waals surface area contributed by atoms with Crippen LogP contribution < -0.4 is 0 Å². The van der Waals surface area contributed by atoms with Crippen LogP contribution in [0.5, 0.6) is 0 Å². The number of carbonyl (C=O) groups excluding carboxylic acids is 1. The molecule has 0 radical (unpaired) electrons. The molecule has 124 valence electrons. The van der Waals surface area contributed by atoms with Gasteiger partial charge in [-0.1, -0.05) is 18.2 Å². The van der Waals surface area contributed by atoms with Gasteiger partial charge in [0, 0.05) is 0 Å². The van der Waals surface area contributed by atoms with Crippen molar-refractivity contribution in [1.29, 1.82) is 0 Å². The van der Waals surface area contributed by atoms with E-state index in [1.165, 1.54) is 18.2 Å². The molecule has 12 heteroatoms. The molecule has 1 unspecified atom stereocenters. The highest BCUT2D eigenvalue weighted by molar-refractivity contribution is 7.96. The highest BCUT2D eigenvalue weighted by Crippen LogP contribution is 2.39. The van der Waals surface area contributed by atoms with Crippen LogP contribution in [-0.2, 0) is 18.5 Å². The lowest BCUT2D eigenvalue weighted by Gasteiger charge is -2.26. The lowest BCUT2D eigenvalue weighted by molar-refractivity contribution is -0.247. The van der Waals surface area contributed by atoms with Gasteiger partial charge in [-0.15, -0.1) is 0 Å². The Morgan fingerprint density at radius 3 is 2.00 bits per heavy atom. The zero-order chi connectivity index (χ0) is 17.2. The average Bonchev–Trinajstić information content (AvgIpc) is 2.43. The van der Waals surface area contributed by atoms with Crippen molar-refractivity contribution in [2.75, 3.05) is 0 Å². The van der Waals surface area contributed by atoms with E-state index in [0.29, 0.717) is 0 Å². The van der Waals surface area contributed by atoms with Crippen LogP contribution in [0.25, 0.3) is 0 Å². The van der Waals surface area contributed by atoms with Gasteiger partial charge in [0.1, 0.15) is 0 Å². The highest BCUT2D eigenvalue weighted by atomic mass is 32.3. The third-order valence-electron chi connectivity index (χ3n) is 2.27. The SMILES string of the molecule is O=C(OC(C(F)(F)F)C(F)(F)S(=O)(=O)OS)c1ccccc1. The van der Waals surface area contributed by atoms with E-state index in [0.717, 1.165) is 12.1 Å². The molecule has 1 aromatic rings. The largest absolute Gasteiger partial charge is 0.441 e. The van der Waals surface area contributed by atoms with E-state index in [2.05, 4.69) is 21.3 Å². The number of carbonyl (C=O) groups is 1. The molecule has 0 heterocycles. The summed E-state index contributed by atoms with van der Waals surface area (Å²) in [6.45, 7) is 0. The number of rotatable bonds is 5. The number of hydrogen-bond acceptors (Lipinski definition) is 6. The Kier molecular flexibility index (Phi) is 5.41. The van der Waals surface area contributed by atoms with Crippen LogP contribution in [0.1, 0.15) is 10.4 Å². The minimum Gasteiger partial charge on any atom is -0.441 e. The summed E-state index contributed by atoms with van der Waals surface area (Å²) in [5.74, 6) is -1.78. The van der Waals surface area contributed by atoms with Gasteiger partial charge < -0.3 is 4.74 Å². The second-order valence-corrected chi connectivity index (χ2v) is 5.83. The molecular formula is C10H7F5O5S2. The summed E-state index contributed by atoms with van der Waals surface area (Å²) in [5.41, 5.74) is -0.475. The van der Waals surface area contributed by atoms with E-state index in [1.54, 1.807) is 0 Å². The Hall–Kier alpha value is -1.40. The zero-order valence-corrected chi connectivity index (χ0v) is 12.0. The monoisotopic (exact) mass is 366 g/mol. The topological polar surface area (TPSA) is 69.7 Å². The first-order chi connectivity index (χ1) is 9.93. The molecule has 0 fully saturated rings. The fraction of sp³-hybridized carbons (Fsp3) is 0.300. The molecule has 0 aliphatic rings. The molecule has 0 N–H and O–H groups in total. The fourth-order valence-electron chi connectivity index (χ4n) is 1.26. The zero-order valence-electron chi connectivity index (χ0n) is 10.3. The average molecular weight is 366 g/mol. The summed E-state index contributed by atoms with van der Waals surface area (Å²) in [6, 6.07) is 5.89. The summed E-state index contributed by atoms with van der Waals surface area (Å²) < 4.78 is 93.4. The van der Waals surface area contributed by atoms with E-state index in [-0.39, 0.29) is 0 Å². The number of esters is 1. The van der Waals surface area contributed by atoms with E-state index >= 15 is 0 Å². The predicted molar refractivity (Wildman–Crippen MR) is 65.6 cm³/mol. The molecule has 22 heavy (non-hydrogen) atoms. The third kappa shape index (κ3) is 3.87. The molecule has 5 nitrogen and oxygen atoms in total. The van der Waals surface area contributed by atoms with Crippen molar-refractivity contribution in [2.45, 2.75) is 17.5 Å². The maximum atomic E-state index is 13.5. The first kappa shape index (κ1) is 18.6. The third-order valence-corrected chi connectivity index (χ3v) is 3.93. The second kappa shape index (κ2) is 6.38. The summed E-state index contributed by atoms with van der Waals surface area (Å²) >= 11 is 2.57. The maximum Gasteiger partial charge on any atom is 0.432 e. The lowest BCUT2D eigenvalue weighted by Crippen LogP contribution is -2.52. The first-order valence-electron chi connectivity index (χ1n) is 5.21. The van der Waals surface area contributed by atoms with Crippen LogP contribution in [0, 0.1) is 0 Å². The summed E-state index contributed by atoms with van der Waals surface area (Å²) in [5, 5.41) is -5.59. The van der Waals surface area contributed by atoms with Crippen molar-refractivity contribution >= 4 is 29.0 Å². The first-order valence-corrected chi connectivity index (χ1v) is 6.99. The van der Waals surface area contributed by atoms with Crippen LogP contribution in [0.3, 0.4) is 0 Å². The van der Waals surface area contributed by atoms with E-state index in [4.69, 9.17) is 0 Å². The van der Waals surface area contributed by atoms with Gasteiger partial charge in [-0.25, -0.2) is 4.79 Å². The smallest absolute Gasteiger partial charge is 0.432 e. The van der Waals surface area contributed by atoms with Crippen molar-refractivity contribution in [1.82, 2.24) is 0 Å². The normalized spacial score (nSPS) is 14.5. The quantitative estimate of drug-likeness (QED) is 0.375. The molecule has 0 bridgehead atoms. The maximum absolute atomic E-state index is 13.5. The van der Waals surface area contributed by atoms with E-state index < -0.39 is 39.2 Å². The fourth-order valence-corrected chi connectivity index (χ4v) is 2.10. The van der Waals surface area contributed by atoms with E-state index in [1.807, 2.05) is 0 Å². The number of halogens is 5. The van der Waals surface area contributed by atoms with Gasteiger partial charge in [0.15, 0.2) is 0 Å². The van der Waals surface area contributed by atoms with Crippen LogP contribution >= 0.6 is 12.9 Å². The van der Waals surface area contributed by atoms with Crippen molar-refractivity contribution < 1.29 is 43.5 Å². The van der Waals surface area contributed by atoms with Gasteiger partial charge in [-0.05, 0) is 25.0 Å². The number of thiol groups is 1. The van der Waals surface area contributed by atoms with Gasteiger partial charge in [0.25, 0.3) is 6.10 Å². The van der Waals surface area contributed by atoms with Crippen LogP contribution in [-0.4, -0.2) is 31.9 Å². The standard InChI is InChI=1S/C10H7F5O5S2/c11-9(12,13)8(10(14,15)22(17,18)20-21)19-7(16)6-4-2-1-3-5-6/h1-5,8,21H. The Labute approximate surface area is 126 Å². The molecule has 0 spiro atoms. The van der Waals surface area contributed by atoms with E-state index in [9.17, 15) is 35.2 Å². The van der Waals surface area contributed by atoms with Crippen molar-refractivity contribution in [3.8, 4) is 0 Å². The molecule has 0 aliphatic heterocycles. The molecule has 0 aromatic heterocycles. The Morgan fingerprint density at radius 1 is 1.09 bits per heavy atom. The summed E-state index contributed by atoms with van der Waals surface area (Å²) in [6.07, 6.45) is -10.1. The summed E-state index contributed by atoms with van der Waals surface area (Å²) in [4.78, 5) is 11.5. The molecule has 1 rings (SSSR count). The minimum atomic E-state index is -6.07. The van der Waals surface area contributed by atoms with Crippen LogP contribution in [0.15, 0.2) is 30.3 Å². The highest BCUT2D eigenvalue weighted by Gasteiger charge is 2.66. The van der Waals surface area contributed by atoms with Gasteiger partial charge >= 0.3 is 27.5 Å². The van der Waals surface area contributed by atoms with Gasteiger partial charge in [-0.3, -0.25) is 0 Å². The molecular weight excluding hydrogens is 359 g/mol. The molecule has 0 saturated carbocycles. The lowest BCUT2D eigenvalue weighted by atomic mass is 10.2. The van der Waals surface area contributed by atoms with Crippen molar-refractivity contribution in [3.63, 3.8) is 0 Å². The molecule has 0 amide bonds. The van der Waals surface area contributed by atoms with Gasteiger partial charge in [0.05, 0.1) is 5.56 Å². The van der Waals surface area contributed by atoms with Gasteiger partial charge in [0.2, 0.25) is 0 Å². The molecule has 1 atom stereocenters. The Bertz CT molecular complexity index is 629. The van der Waals surface area contributed by atoms with Crippen molar-refractivity contribution in [3.05, 3.63) is 35.9 Å². The molecule has 0 saturated heterocycles. The Balaban J connectivity index is 3.19. The van der Waals surface area contributed by atoms with Gasteiger partial charge in [-0.2, -0.15) is 34.0 Å².